The lowest BCUT2D eigenvalue weighted by Crippen LogP contribution is -2.21. The van der Waals surface area contributed by atoms with Crippen molar-refractivity contribution in [2.75, 3.05) is 6.54 Å². The van der Waals surface area contributed by atoms with Crippen molar-refractivity contribution < 1.29 is 0 Å². The molecular weight excluding hydrogens is 224 g/mol. The van der Waals surface area contributed by atoms with Gasteiger partial charge in [0.05, 0.1) is 11.6 Å². The topological polar surface area (TPSA) is 64.5 Å². The summed E-state index contributed by atoms with van der Waals surface area (Å²) in [5.41, 5.74) is 1.88. The Morgan fingerprint density at radius 3 is 2.78 bits per heavy atom. The van der Waals surface area contributed by atoms with Crippen molar-refractivity contribution in [2.24, 2.45) is 0 Å². The van der Waals surface area contributed by atoms with E-state index in [1.54, 1.807) is 6.20 Å². The van der Waals surface area contributed by atoms with Crippen LogP contribution >= 0.6 is 0 Å². The van der Waals surface area contributed by atoms with Gasteiger partial charge in [-0.3, -0.25) is 0 Å². The van der Waals surface area contributed by atoms with Crippen LogP contribution in [0.2, 0.25) is 0 Å². The Balaban J connectivity index is 1.83. The fourth-order valence-corrected chi connectivity index (χ4v) is 1.81. The van der Waals surface area contributed by atoms with Gasteiger partial charge in [0.1, 0.15) is 5.82 Å². The average molecular weight is 240 g/mol. The van der Waals surface area contributed by atoms with Gasteiger partial charge in [-0.25, -0.2) is 4.98 Å². The first-order chi connectivity index (χ1) is 8.79. The molecule has 2 N–H and O–H groups in total. The molecule has 1 atom stereocenters. The van der Waals surface area contributed by atoms with Crippen LogP contribution in [0.5, 0.6) is 0 Å². The molecule has 0 amide bonds. The van der Waals surface area contributed by atoms with Crippen LogP contribution in [-0.2, 0) is 6.42 Å². The van der Waals surface area contributed by atoms with Crippen LogP contribution in [0.3, 0.4) is 0 Å². The molecule has 0 fully saturated rings. The predicted octanol–water partition coefficient (Wildman–Crippen LogP) is 2.17. The SMILES string of the molecule is CC(NCCc1ncc[nH]1)c1ccc(C#N)cc1. The minimum absolute atomic E-state index is 0.271. The first kappa shape index (κ1) is 12.3. The molecule has 1 unspecified atom stereocenters. The Labute approximate surface area is 107 Å². The van der Waals surface area contributed by atoms with Crippen LogP contribution < -0.4 is 5.32 Å². The Bertz CT molecular complexity index is 508. The molecular formula is C14H16N4. The standard InChI is InChI=1S/C14H16N4/c1-11(13-4-2-12(10-15)3-5-13)16-7-6-14-17-8-9-18-14/h2-5,8-9,11,16H,6-7H2,1H3,(H,17,18). The van der Waals surface area contributed by atoms with Gasteiger partial charge in [-0.2, -0.15) is 5.26 Å². The third-order valence-corrected chi connectivity index (χ3v) is 2.91. The van der Waals surface area contributed by atoms with E-state index >= 15 is 0 Å². The Morgan fingerprint density at radius 1 is 1.39 bits per heavy atom. The minimum Gasteiger partial charge on any atom is -0.349 e. The van der Waals surface area contributed by atoms with Crippen molar-refractivity contribution >= 4 is 0 Å². The maximum atomic E-state index is 8.74. The zero-order chi connectivity index (χ0) is 12.8. The number of nitrogens with one attached hydrogen (secondary N) is 2. The Hall–Kier alpha value is -2.12. The summed E-state index contributed by atoms with van der Waals surface area (Å²) in [6, 6.07) is 10.1. The number of aromatic nitrogens is 2. The summed E-state index contributed by atoms with van der Waals surface area (Å²) in [4.78, 5) is 7.26. The predicted molar refractivity (Wildman–Crippen MR) is 69.9 cm³/mol. The van der Waals surface area contributed by atoms with Crippen molar-refractivity contribution in [1.29, 1.82) is 5.26 Å². The summed E-state index contributed by atoms with van der Waals surface area (Å²) < 4.78 is 0. The largest absolute Gasteiger partial charge is 0.349 e. The zero-order valence-electron chi connectivity index (χ0n) is 10.4. The Kier molecular flexibility index (Phi) is 4.11. The van der Waals surface area contributed by atoms with E-state index in [4.69, 9.17) is 5.26 Å². The highest BCUT2D eigenvalue weighted by Crippen LogP contribution is 2.12. The molecule has 4 heteroatoms. The van der Waals surface area contributed by atoms with Crippen molar-refractivity contribution in [3.05, 3.63) is 53.6 Å². The van der Waals surface area contributed by atoms with Crippen molar-refractivity contribution in [1.82, 2.24) is 15.3 Å². The molecule has 0 aliphatic rings. The van der Waals surface area contributed by atoms with E-state index in [0.717, 1.165) is 18.8 Å². The number of H-pyrrole nitrogens is 1. The molecule has 4 nitrogen and oxygen atoms in total. The van der Waals surface area contributed by atoms with Crippen molar-refractivity contribution in [2.45, 2.75) is 19.4 Å². The number of hydrogen-bond donors (Lipinski definition) is 2. The lowest BCUT2D eigenvalue weighted by atomic mass is 10.1. The molecule has 0 bridgehead atoms. The fourth-order valence-electron chi connectivity index (χ4n) is 1.81. The van der Waals surface area contributed by atoms with Crippen molar-refractivity contribution in [3.8, 4) is 6.07 Å². The van der Waals surface area contributed by atoms with Gasteiger partial charge in [-0.1, -0.05) is 12.1 Å². The van der Waals surface area contributed by atoms with Gasteiger partial charge in [-0.05, 0) is 24.6 Å². The monoisotopic (exact) mass is 240 g/mol. The van der Waals surface area contributed by atoms with Gasteiger partial charge in [0, 0.05) is 31.4 Å². The van der Waals surface area contributed by atoms with Gasteiger partial charge in [0.15, 0.2) is 0 Å². The summed E-state index contributed by atoms with van der Waals surface area (Å²) in [6.45, 7) is 2.98. The fraction of sp³-hybridized carbons (Fsp3) is 0.286. The summed E-state index contributed by atoms with van der Waals surface area (Å²) in [6.07, 6.45) is 4.48. The average Bonchev–Trinajstić information content (AvgIpc) is 2.92. The van der Waals surface area contributed by atoms with E-state index in [9.17, 15) is 0 Å². The van der Waals surface area contributed by atoms with E-state index in [0.29, 0.717) is 5.56 Å². The van der Waals surface area contributed by atoms with Crippen LogP contribution in [-0.4, -0.2) is 16.5 Å². The van der Waals surface area contributed by atoms with Crippen LogP contribution in [0.4, 0.5) is 0 Å². The first-order valence-corrected chi connectivity index (χ1v) is 6.01. The van der Waals surface area contributed by atoms with E-state index in [-0.39, 0.29) is 6.04 Å². The summed E-state index contributed by atoms with van der Waals surface area (Å²) in [7, 11) is 0. The molecule has 0 radical (unpaired) electrons. The molecule has 0 aliphatic heterocycles. The molecule has 2 aromatic rings. The van der Waals surface area contributed by atoms with Crippen LogP contribution in [0, 0.1) is 11.3 Å². The molecule has 0 aliphatic carbocycles. The van der Waals surface area contributed by atoms with Crippen molar-refractivity contribution in [3.63, 3.8) is 0 Å². The van der Waals surface area contributed by atoms with Gasteiger partial charge in [-0.15, -0.1) is 0 Å². The molecule has 1 aromatic heterocycles. The number of hydrogen-bond acceptors (Lipinski definition) is 3. The minimum atomic E-state index is 0.271. The number of imidazole rings is 1. The third-order valence-electron chi connectivity index (χ3n) is 2.91. The summed E-state index contributed by atoms with van der Waals surface area (Å²) in [5.74, 6) is 0.995. The number of rotatable bonds is 5. The van der Waals surface area contributed by atoms with E-state index in [1.165, 1.54) is 5.56 Å². The maximum Gasteiger partial charge on any atom is 0.107 e. The second-order valence-corrected chi connectivity index (χ2v) is 4.20. The summed E-state index contributed by atoms with van der Waals surface area (Å²) >= 11 is 0. The second-order valence-electron chi connectivity index (χ2n) is 4.20. The molecule has 0 spiro atoms. The lowest BCUT2D eigenvalue weighted by Gasteiger charge is -2.13. The number of benzene rings is 1. The molecule has 92 valence electrons. The van der Waals surface area contributed by atoms with Gasteiger partial charge >= 0.3 is 0 Å². The van der Waals surface area contributed by atoms with E-state index in [2.05, 4.69) is 28.3 Å². The smallest absolute Gasteiger partial charge is 0.107 e. The molecule has 1 heterocycles. The second kappa shape index (κ2) is 5.99. The summed E-state index contributed by atoms with van der Waals surface area (Å²) in [5, 5.41) is 12.2. The first-order valence-electron chi connectivity index (χ1n) is 6.01. The Morgan fingerprint density at radius 2 is 2.17 bits per heavy atom. The van der Waals surface area contributed by atoms with E-state index in [1.807, 2.05) is 30.5 Å². The third kappa shape index (κ3) is 3.19. The normalized spacial score (nSPS) is 12.0. The van der Waals surface area contributed by atoms with E-state index < -0.39 is 0 Å². The zero-order valence-corrected chi connectivity index (χ0v) is 10.4. The number of nitrogens with zero attached hydrogens (tertiary/aromatic N) is 2. The lowest BCUT2D eigenvalue weighted by molar-refractivity contribution is 0.571. The molecule has 18 heavy (non-hydrogen) atoms. The molecule has 2 rings (SSSR count). The molecule has 1 aromatic carbocycles. The highest BCUT2D eigenvalue weighted by molar-refractivity contribution is 5.32. The maximum absolute atomic E-state index is 8.74. The van der Waals surface area contributed by atoms with Crippen LogP contribution in [0.1, 0.15) is 29.9 Å². The molecule has 0 saturated heterocycles. The molecule has 0 saturated carbocycles. The number of aromatic amines is 1. The van der Waals surface area contributed by atoms with Gasteiger partial charge in [0.25, 0.3) is 0 Å². The van der Waals surface area contributed by atoms with Crippen LogP contribution in [0.25, 0.3) is 0 Å². The highest BCUT2D eigenvalue weighted by atomic mass is 14.9. The van der Waals surface area contributed by atoms with Gasteiger partial charge in [0.2, 0.25) is 0 Å². The number of nitriles is 1. The van der Waals surface area contributed by atoms with Gasteiger partial charge < -0.3 is 10.3 Å². The highest BCUT2D eigenvalue weighted by Gasteiger charge is 2.04. The quantitative estimate of drug-likeness (QED) is 0.841. The van der Waals surface area contributed by atoms with Crippen LogP contribution in [0.15, 0.2) is 36.7 Å².